The van der Waals surface area contributed by atoms with Crippen LogP contribution in [0.25, 0.3) is 0 Å². The van der Waals surface area contributed by atoms with Gasteiger partial charge in [0.2, 0.25) is 0 Å². The zero-order valence-electron chi connectivity index (χ0n) is 9.46. The van der Waals surface area contributed by atoms with Crippen molar-refractivity contribution in [2.24, 2.45) is 11.1 Å². The maximum atomic E-state index is 5.85. The zero-order valence-corrected chi connectivity index (χ0v) is 11.0. The SMILES string of the molecule is CC(C)(C)C(CN)Oc1cccc(Br)c1. The summed E-state index contributed by atoms with van der Waals surface area (Å²) in [5.41, 5.74) is 5.76. The van der Waals surface area contributed by atoms with Gasteiger partial charge in [0.15, 0.2) is 0 Å². The maximum Gasteiger partial charge on any atom is 0.120 e. The van der Waals surface area contributed by atoms with Gasteiger partial charge in [0, 0.05) is 16.4 Å². The highest BCUT2D eigenvalue weighted by Gasteiger charge is 2.24. The molecule has 2 N–H and O–H groups in total. The topological polar surface area (TPSA) is 35.2 Å². The van der Waals surface area contributed by atoms with E-state index in [1.54, 1.807) is 0 Å². The summed E-state index contributed by atoms with van der Waals surface area (Å²) in [6.45, 7) is 6.91. The lowest BCUT2D eigenvalue weighted by molar-refractivity contribution is 0.0941. The molecule has 0 saturated heterocycles. The smallest absolute Gasteiger partial charge is 0.120 e. The molecule has 0 aliphatic carbocycles. The van der Waals surface area contributed by atoms with E-state index < -0.39 is 0 Å². The first-order valence-electron chi connectivity index (χ1n) is 5.06. The largest absolute Gasteiger partial charge is 0.489 e. The molecular weight excluding hydrogens is 254 g/mol. The van der Waals surface area contributed by atoms with Crippen molar-refractivity contribution in [1.82, 2.24) is 0 Å². The lowest BCUT2D eigenvalue weighted by Crippen LogP contribution is -2.38. The molecule has 1 rings (SSSR count). The van der Waals surface area contributed by atoms with E-state index in [4.69, 9.17) is 10.5 Å². The molecule has 0 fully saturated rings. The van der Waals surface area contributed by atoms with E-state index in [1.165, 1.54) is 0 Å². The lowest BCUT2D eigenvalue weighted by atomic mass is 9.89. The van der Waals surface area contributed by atoms with Crippen LogP contribution in [0.15, 0.2) is 28.7 Å². The van der Waals surface area contributed by atoms with Crippen molar-refractivity contribution < 1.29 is 4.74 Å². The van der Waals surface area contributed by atoms with E-state index in [0.29, 0.717) is 6.54 Å². The number of hydrogen-bond donors (Lipinski definition) is 1. The average molecular weight is 272 g/mol. The Morgan fingerprint density at radius 3 is 2.53 bits per heavy atom. The zero-order chi connectivity index (χ0) is 11.5. The Bertz CT molecular complexity index is 320. The van der Waals surface area contributed by atoms with Crippen molar-refractivity contribution in [3.63, 3.8) is 0 Å². The molecule has 1 unspecified atom stereocenters. The van der Waals surface area contributed by atoms with Gasteiger partial charge in [-0.05, 0) is 18.2 Å². The number of halogens is 1. The fourth-order valence-corrected chi connectivity index (χ4v) is 1.66. The van der Waals surface area contributed by atoms with Crippen molar-refractivity contribution >= 4 is 15.9 Å². The molecule has 0 spiro atoms. The van der Waals surface area contributed by atoms with E-state index in [9.17, 15) is 0 Å². The summed E-state index contributed by atoms with van der Waals surface area (Å²) in [6.07, 6.45) is 0.0341. The van der Waals surface area contributed by atoms with Crippen molar-refractivity contribution in [2.45, 2.75) is 26.9 Å². The van der Waals surface area contributed by atoms with Crippen LogP contribution in [0.2, 0.25) is 0 Å². The average Bonchev–Trinajstić information content (AvgIpc) is 2.12. The summed E-state index contributed by atoms with van der Waals surface area (Å²) < 4.78 is 6.87. The standard InChI is InChI=1S/C12H18BrNO/c1-12(2,3)11(8-14)15-10-6-4-5-9(13)7-10/h4-7,11H,8,14H2,1-3H3. The van der Waals surface area contributed by atoms with Gasteiger partial charge in [0.05, 0.1) is 0 Å². The number of rotatable bonds is 3. The number of hydrogen-bond acceptors (Lipinski definition) is 2. The van der Waals surface area contributed by atoms with Crippen LogP contribution in [0.4, 0.5) is 0 Å². The first-order valence-corrected chi connectivity index (χ1v) is 5.85. The lowest BCUT2D eigenvalue weighted by Gasteiger charge is -2.30. The van der Waals surface area contributed by atoms with Crippen molar-refractivity contribution in [2.75, 3.05) is 6.54 Å². The Labute approximate surface area is 99.9 Å². The first-order chi connectivity index (χ1) is 6.93. The molecule has 0 aliphatic rings. The van der Waals surface area contributed by atoms with Crippen LogP contribution in [0, 0.1) is 5.41 Å². The first kappa shape index (κ1) is 12.5. The Morgan fingerprint density at radius 1 is 1.40 bits per heavy atom. The summed E-state index contributed by atoms with van der Waals surface area (Å²) in [4.78, 5) is 0. The third kappa shape index (κ3) is 3.84. The minimum absolute atomic E-state index is 0.0341. The Kier molecular flexibility index (Phi) is 4.17. The van der Waals surface area contributed by atoms with E-state index in [2.05, 4.69) is 36.7 Å². The molecule has 0 aromatic heterocycles. The number of benzene rings is 1. The van der Waals surface area contributed by atoms with Gasteiger partial charge in [0.25, 0.3) is 0 Å². The molecule has 1 aromatic carbocycles. The quantitative estimate of drug-likeness (QED) is 0.917. The van der Waals surface area contributed by atoms with E-state index >= 15 is 0 Å². The monoisotopic (exact) mass is 271 g/mol. The third-order valence-corrected chi connectivity index (χ3v) is 2.75. The van der Waals surface area contributed by atoms with Crippen LogP contribution < -0.4 is 10.5 Å². The van der Waals surface area contributed by atoms with Crippen molar-refractivity contribution in [3.8, 4) is 5.75 Å². The van der Waals surface area contributed by atoms with Crippen LogP contribution in [0.3, 0.4) is 0 Å². The van der Waals surface area contributed by atoms with Gasteiger partial charge >= 0.3 is 0 Å². The molecule has 84 valence electrons. The van der Waals surface area contributed by atoms with Gasteiger partial charge in [-0.15, -0.1) is 0 Å². The van der Waals surface area contributed by atoms with Gasteiger partial charge < -0.3 is 10.5 Å². The van der Waals surface area contributed by atoms with E-state index in [1.807, 2.05) is 24.3 Å². The Morgan fingerprint density at radius 2 is 2.07 bits per heavy atom. The molecule has 0 aliphatic heterocycles. The molecule has 0 heterocycles. The van der Waals surface area contributed by atoms with E-state index in [-0.39, 0.29) is 11.5 Å². The molecule has 2 nitrogen and oxygen atoms in total. The molecular formula is C12H18BrNO. The third-order valence-electron chi connectivity index (χ3n) is 2.25. The van der Waals surface area contributed by atoms with Crippen LogP contribution >= 0.6 is 15.9 Å². The highest BCUT2D eigenvalue weighted by atomic mass is 79.9. The molecule has 3 heteroatoms. The predicted molar refractivity (Wildman–Crippen MR) is 67.1 cm³/mol. The maximum absolute atomic E-state index is 5.85. The van der Waals surface area contributed by atoms with Gasteiger partial charge in [-0.2, -0.15) is 0 Å². The molecule has 0 amide bonds. The molecule has 15 heavy (non-hydrogen) atoms. The second-order valence-corrected chi connectivity index (χ2v) is 5.58. The highest BCUT2D eigenvalue weighted by Crippen LogP contribution is 2.25. The highest BCUT2D eigenvalue weighted by molar-refractivity contribution is 9.10. The molecule has 1 aromatic rings. The fourth-order valence-electron chi connectivity index (χ4n) is 1.28. The number of nitrogens with two attached hydrogens (primary N) is 1. The molecule has 1 atom stereocenters. The van der Waals surface area contributed by atoms with Crippen LogP contribution in [0.1, 0.15) is 20.8 Å². The van der Waals surface area contributed by atoms with Crippen molar-refractivity contribution in [3.05, 3.63) is 28.7 Å². The normalized spacial score (nSPS) is 13.7. The van der Waals surface area contributed by atoms with Crippen LogP contribution in [-0.2, 0) is 0 Å². The van der Waals surface area contributed by atoms with Gasteiger partial charge in [-0.1, -0.05) is 42.8 Å². The summed E-state index contributed by atoms with van der Waals surface area (Å²) in [5.74, 6) is 0.856. The summed E-state index contributed by atoms with van der Waals surface area (Å²) in [7, 11) is 0. The molecule has 0 bridgehead atoms. The van der Waals surface area contributed by atoms with Gasteiger partial charge in [0.1, 0.15) is 11.9 Å². The number of ether oxygens (including phenoxy) is 1. The predicted octanol–water partition coefficient (Wildman–Crippen LogP) is 3.20. The van der Waals surface area contributed by atoms with Crippen molar-refractivity contribution in [1.29, 1.82) is 0 Å². The van der Waals surface area contributed by atoms with E-state index in [0.717, 1.165) is 10.2 Å². The minimum atomic E-state index is 0.0341. The van der Waals surface area contributed by atoms with Gasteiger partial charge in [-0.25, -0.2) is 0 Å². The Hall–Kier alpha value is -0.540. The second-order valence-electron chi connectivity index (χ2n) is 4.67. The van der Waals surface area contributed by atoms with Gasteiger partial charge in [-0.3, -0.25) is 0 Å². The summed E-state index contributed by atoms with van der Waals surface area (Å²) in [6, 6.07) is 7.82. The second kappa shape index (κ2) is 4.99. The Balaban J connectivity index is 2.76. The summed E-state index contributed by atoms with van der Waals surface area (Å²) >= 11 is 3.41. The fraction of sp³-hybridized carbons (Fsp3) is 0.500. The van der Waals surface area contributed by atoms with Crippen LogP contribution in [0.5, 0.6) is 5.75 Å². The molecule has 0 radical (unpaired) electrons. The molecule has 0 saturated carbocycles. The van der Waals surface area contributed by atoms with Crippen LogP contribution in [-0.4, -0.2) is 12.6 Å². The minimum Gasteiger partial charge on any atom is -0.489 e. The summed E-state index contributed by atoms with van der Waals surface area (Å²) in [5, 5.41) is 0.